The van der Waals surface area contributed by atoms with Crippen LogP contribution >= 0.6 is 0 Å². The van der Waals surface area contributed by atoms with Crippen molar-refractivity contribution in [3.8, 4) is 0 Å². The Morgan fingerprint density at radius 3 is 2.60 bits per heavy atom. The number of benzene rings is 1. The maximum atomic E-state index is 4.43. The Hall–Kier alpha value is -2.56. The summed E-state index contributed by atoms with van der Waals surface area (Å²) in [7, 11) is 1.87. The molecular weight excluding hydrogens is 250 g/mol. The maximum absolute atomic E-state index is 4.43. The summed E-state index contributed by atoms with van der Waals surface area (Å²) in [5.41, 5.74) is 3.34. The SMILES string of the molecule is Cc1ccc(N=CN(C)C=Nc2cnccn2)c(C)c1. The summed E-state index contributed by atoms with van der Waals surface area (Å²) in [5.74, 6) is 0.569. The molecule has 0 radical (unpaired) electrons. The van der Waals surface area contributed by atoms with Crippen LogP contribution in [0.15, 0.2) is 46.8 Å². The normalized spacial score (nSPS) is 11.3. The first-order valence-electron chi connectivity index (χ1n) is 6.29. The van der Waals surface area contributed by atoms with E-state index in [-0.39, 0.29) is 0 Å². The summed E-state index contributed by atoms with van der Waals surface area (Å²) in [5, 5.41) is 0. The number of nitrogens with zero attached hydrogens (tertiary/aromatic N) is 5. The van der Waals surface area contributed by atoms with Crippen LogP contribution in [0.2, 0.25) is 0 Å². The Morgan fingerprint density at radius 1 is 1.10 bits per heavy atom. The van der Waals surface area contributed by atoms with Crippen LogP contribution in [0.4, 0.5) is 11.5 Å². The van der Waals surface area contributed by atoms with Crippen molar-refractivity contribution >= 4 is 24.2 Å². The van der Waals surface area contributed by atoms with Gasteiger partial charge in [0, 0.05) is 19.4 Å². The van der Waals surface area contributed by atoms with E-state index in [4.69, 9.17) is 0 Å². The average Bonchev–Trinajstić information content (AvgIpc) is 2.45. The van der Waals surface area contributed by atoms with Crippen molar-refractivity contribution in [2.45, 2.75) is 13.8 Å². The molecule has 0 amide bonds. The van der Waals surface area contributed by atoms with Crippen molar-refractivity contribution in [3.05, 3.63) is 47.9 Å². The van der Waals surface area contributed by atoms with E-state index in [9.17, 15) is 0 Å². The molecule has 0 saturated carbocycles. The fourth-order valence-corrected chi connectivity index (χ4v) is 1.64. The second-order valence-electron chi connectivity index (χ2n) is 4.51. The molecule has 1 aromatic heterocycles. The quantitative estimate of drug-likeness (QED) is 0.632. The molecule has 20 heavy (non-hydrogen) atoms. The minimum absolute atomic E-state index is 0.569. The number of aryl methyl sites for hydroxylation is 2. The van der Waals surface area contributed by atoms with Gasteiger partial charge < -0.3 is 4.90 Å². The molecule has 1 heterocycles. The number of rotatable bonds is 4. The fraction of sp³-hybridized carbons (Fsp3) is 0.200. The van der Waals surface area contributed by atoms with Crippen molar-refractivity contribution in [1.29, 1.82) is 0 Å². The molecule has 0 N–H and O–H groups in total. The zero-order chi connectivity index (χ0) is 14.4. The highest BCUT2D eigenvalue weighted by Crippen LogP contribution is 2.18. The molecule has 0 fully saturated rings. The molecule has 0 aliphatic carbocycles. The van der Waals surface area contributed by atoms with Gasteiger partial charge >= 0.3 is 0 Å². The standard InChI is InChI=1S/C15H17N5/c1-12-4-5-14(13(2)8-12)18-10-20(3)11-19-15-9-16-6-7-17-15/h4-11H,1-3H3. The molecule has 0 aliphatic rings. The molecule has 2 aromatic rings. The first kappa shape index (κ1) is 13.9. The van der Waals surface area contributed by atoms with Crippen LogP contribution in [0.3, 0.4) is 0 Å². The van der Waals surface area contributed by atoms with E-state index >= 15 is 0 Å². The third kappa shape index (κ3) is 3.98. The highest BCUT2D eigenvalue weighted by Gasteiger charge is 1.95. The second-order valence-corrected chi connectivity index (χ2v) is 4.51. The number of aromatic nitrogens is 2. The van der Waals surface area contributed by atoms with Gasteiger partial charge in [-0.1, -0.05) is 17.7 Å². The summed E-state index contributed by atoms with van der Waals surface area (Å²) in [6.45, 7) is 4.12. The van der Waals surface area contributed by atoms with Crippen molar-refractivity contribution < 1.29 is 0 Å². The first-order chi connectivity index (χ1) is 9.65. The lowest BCUT2D eigenvalue weighted by Crippen LogP contribution is -2.12. The van der Waals surface area contributed by atoms with Gasteiger partial charge in [-0.25, -0.2) is 15.0 Å². The van der Waals surface area contributed by atoms with Crippen molar-refractivity contribution in [2.75, 3.05) is 7.05 Å². The van der Waals surface area contributed by atoms with Crippen molar-refractivity contribution in [3.63, 3.8) is 0 Å². The van der Waals surface area contributed by atoms with E-state index in [2.05, 4.69) is 32.9 Å². The molecule has 0 aliphatic heterocycles. The van der Waals surface area contributed by atoms with Gasteiger partial charge in [0.1, 0.15) is 0 Å². The zero-order valence-electron chi connectivity index (χ0n) is 11.9. The van der Waals surface area contributed by atoms with E-state index in [0.717, 1.165) is 11.3 Å². The Kier molecular flexibility index (Phi) is 4.55. The summed E-state index contributed by atoms with van der Waals surface area (Å²) in [6.07, 6.45) is 8.20. The van der Waals surface area contributed by atoms with Crippen LogP contribution in [0.5, 0.6) is 0 Å². The lowest BCUT2D eigenvalue weighted by molar-refractivity contribution is 0.801. The largest absolute Gasteiger partial charge is 0.326 e. The van der Waals surface area contributed by atoms with Gasteiger partial charge in [0.15, 0.2) is 5.82 Å². The third-order valence-corrected chi connectivity index (χ3v) is 2.65. The Bertz CT molecular complexity index is 619. The fourth-order valence-electron chi connectivity index (χ4n) is 1.64. The minimum atomic E-state index is 0.569. The summed E-state index contributed by atoms with van der Waals surface area (Å²) < 4.78 is 0. The maximum Gasteiger partial charge on any atom is 0.172 e. The monoisotopic (exact) mass is 267 g/mol. The number of hydrogen-bond donors (Lipinski definition) is 0. The number of aliphatic imine (C=N–C) groups is 2. The Labute approximate surface area is 118 Å². The predicted octanol–water partition coefficient (Wildman–Crippen LogP) is 3.05. The van der Waals surface area contributed by atoms with Gasteiger partial charge in [0.2, 0.25) is 0 Å². The van der Waals surface area contributed by atoms with Gasteiger partial charge in [-0.2, -0.15) is 0 Å². The molecule has 2 rings (SSSR count). The predicted molar refractivity (Wildman–Crippen MR) is 82.0 cm³/mol. The van der Waals surface area contributed by atoms with Crippen LogP contribution in [0.1, 0.15) is 11.1 Å². The zero-order valence-corrected chi connectivity index (χ0v) is 11.9. The van der Waals surface area contributed by atoms with Gasteiger partial charge in [-0.05, 0) is 25.5 Å². The van der Waals surface area contributed by atoms with Gasteiger partial charge in [0.05, 0.1) is 24.6 Å². The summed E-state index contributed by atoms with van der Waals surface area (Å²) in [4.78, 5) is 18.4. The van der Waals surface area contributed by atoms with Crippen LogP contribution in [0, 0.1) is 13.8 Å². The third-order valence-electron chi connectivity index (χ3n) is 2.65. The molecule has 102 valence electrons. The minimum Gasteiger partial charge on any atom is -0.326 e. The van der Waals surface area contributed by atoms with E-state index < -0.39 is 0 Å². The van der Waals surface area contributed by atoms with Gasteiger partial charge in [0.25, 0.3) is 0 Å². The van der Waals surface area contributed by atoms with Crippen LogP contribution in [-0.4, -0.2) is 34.6 Å². The van der Waals surface area contributed by atoms with E-state index in [0.29, 0.717) is 5.82 Å². The molecular formula is C15H17N5. The molecule has 1 aromatic carbocycles. The van der Waals surface area contributed by atoms with Crippen LogP contribution in [-0.2, 0) is 0 Å². The molecule has 0 saturated heterocycles. The Morgan fingerprint density at radius 2 is 1.90 bits per heavy atom. The van der Waals surface area contributed by atoms with E-state index in [1.807, 2.05) is 26.1 Å². The number of hydrogen-bond acceptors (Lipinski definition) is 4. The molecule has 0 atom stereocenters. The van der Waals surface area contributed by atoms with Gasteiger partial charge in [-0.3, -0.25) is 4.98 Å². The highest BCUT2D eigenvalue weighted by molar-refractivity contribution is 5.78. The molecule has 0 unspecified atom stereocenters. The second kappa shape index (κ2) is 6.56. The van der Waals surface area contributed by atoms with Gasteiger partial charge in [-0.15, -0.1) is 0 Å². The summed E-state index contributed by atoms with van der Waals surface area (Å²) >= 11 is 0. The smallest absolute Gasteiger partial charge is 0.172 e. The lowest BCUT2D eigenvalue weighted by atomic mass is 10.1. The van der Waals surface area contributed by atoms with Crippen LogP contribution < -0.4 is 0 Å². The first-order valence-corrected chi connectivity index (χ1v) is 6.29. The summed E-state index contributed by atoms with van der Waals surface area (Å²) in [6, 6.07) is 6.17. The Balaban J connectivity index is 2.02. The van der Waals surface area contributed by atoms with Crippen molar-refractivity contribution in [2.24, 2.45) is 9.98 Å². The topological polar surface area (TPSA) is 53.7 Å². The van der Waals surface area contributed by atoms with Crippen molar-refractivity contribution in [1.82, 2.24) is 14.9 Å². The van der Waals surface area contributed by atoms with Crippen LogP contribution in [0.25, 0.3) is 0 Å². The van der Waals surface area contributed by atoms with E-state index in [1.54, 1.807) is 36.2 Å². The molecule has 5 heteroatoms. The lowest BCUT2D eigenvalue weighted by Gasteiger charge is -2.06. The van der Waals surface area contributed by atoms with E-state index in [1.165, 1.54) is 5.56 Å². The molecule has 0 bridgehead atoms. The highest BCUT2D eigenvalue weighted by atomic mass is 15.2. The average molecular weight is 267 g/mol. The molecule has 5 nitrogen and oxygen atoms in total. The molecule has 0 spiro atoms.